The van der Waals surface area contributed by atoms with E-state index in [-0.39, 0.29) is 6.10 Å². The van der Waals surface area contributed by atoms with Crippen molar-refractivity contribution in [2.75, 3.05) is 0 Å². The lowest BCUT2D eigenvalue weighted by molar-refractivity contribution is 0.146. The molecule has 0 saturated carbocycles. The number of hydrogen-bond acceptors (Lipinski definition) is 2. The van der Waals surface area contributed by atoms with Crippen molar-refractivity contribution in [3.05, 3.63) is 35.1 Å². The summed E-state index contributed by atoms with van der Waals surface area (Å²) in [6.45, 7) is 6.54. The Morgan fingerprint density at radius 1 is 1.29 bits per heavy atom. The van der Waals surface area contributed by atoms with Crippen LogP contribution < -0.4 is 0 Å². The molecule has 0 radical (unpaired) electrons. The van der Waals surface area contributed by atoms with E-state index in [1.165, 1.54) is 11.1 Å². The topological polar surface area (TPSA) is 33.4 Å². The lowest BCUT2D eigenvalue weighted by Crippen LogP contribution is -2.16. The molecular formula is C15H18O2. The third-order valence-electron chi connectivity index (χ3n) is 3.92. The maximum atomic E-state index is 10.2. The summed E-state index contributed by atoms with van der Waals surface area (Å²) in [7, 11) is 0. The minimum atomic E-state index is -0.376. The highest BCUT2D eigenvalue weighted by Crippen LogP contribution is 2.46. The second-order valence-corrected chi connectivity index (χ2v) is 5.52. The zero-order valence-electron chi connectivity index (χ0n) is 10.5. The molecule has 0 aliphatic heterocycles. The van der Waals surface area contributed by atoms with Crippen LogP contribution in [0.4, 0.5) is 0 Å². The summed E-state index contributed by atoms with van der Waals surface area (Å²) in [5.74, 6) is 0.968. The third kappa shape index (κ3) is 1.51. The normalized spacial score (nSPS) is 23.6. The van der Waals surface area contributed by atoms with Crippen molar-refractivity contribution in [1.29, 1.82) is 0 Å². The molecule has 1 aromatic carbocycles. The van der Waals surface area contributed by atoms with Crippen molar-refractivity contribution < 1.29 is 9.52 Å². The average Bonchev–Trinajstić information content (AvgIpc) is 2.67. The summed E-state index contributed by atoms with van der Waals surface area (Å²) in [5, 5.41) is 11.3. The Bertz CT molecular complexity index is 566. The number of aliphatic hydroxyl groups excluding tert-OH is 1. The molecule has 3 rings (SSSR count). The van der Waals surface area contributed by atoms with Crippen LogP contribution in [0.15, 0.2) is 22.8 Å². The van der Waals surface area contributed by atoms with E-state index >= 15 is 0 Å². The maximum Gasteiger partial charge on any atom is 0.134 e. The van der Waals surface area contributed by atoms with Gasteiger partial charge >= 0.3 is 0 Å². The molecule has 2 heteroatoms. The Hall–Kier alpha value is -1.28. The van der Waals surface area contributed by atoms with E-state index in [1.54, 1.807) is 6.26 Å². The first-order valence-corrected chi connectivity index (χ1v) is 6.27. The number of benzene rings is 1. The molecule has 1 N–H and O–H groups in total. The van der Waals surface area contributed by atoms with Gasteiger partial charge in [0, 0.05) is 10.9 Å². The molecule has 0 unspecified atom stereocenters. The minimum Gasteiger partial charge on any atom is -0.464 e. The van der Waals surface area contributed by atoms with Gasteiger partial charge in [0.15, 0.2) is 0 Å². The molecule has 1 heterocycles. The first kappa shape index (κ1) is 10.8. The highest BCUT2D eigenvalue weighted by Gasteiger charge is 2.31. The summed E-state index contributed by atoms with van der Waals surface area (Å²) in [6.07, 6.45) is 2.15. The standard InChI is InChI=1S/C15H18O2/c1-8(2)10-6-13(16)12-7-17-14-5-9(3)4-11(10)15(12)14/h4-5,7-8,10,13,16H,6H2,1-3H3/t10-,13-/m0/s1. The van der Waals surface area contributed by atoms with Crippen LogP contribution in [0.2, 0.25) is 0 Å². The molecule has 0 fully saturated rings. The average molecular weight is 230 g/mol. The minimum absolute atomic E-state index is 0.376. The van der Waals surface area contributed by atoms with Crippen LogP contribution in [-0.2, 0) is 0 Å². The van der Waals surface area contributed by atoms with Gasteiger partial charge in [-0.25, -0.2) is 0 Å². The zero-order chi connectivity index (χ0) is 12.2. The van der Waals surface area contributed by atoms with Crippen LogP contribution in [0, 0.1) is 12.8 Å². The van der Waals surface area contributed by atoms with E-state index < -0.39 is 0 Å². The Morgan fingerprint density at radius 2 is 2.06 bits per heavy atom. The predicted molar refractivity (Wildman–Crippen MR) is 68.1 cm³/mol. The van der Waals surface area contributed by atoms with Crippen LogP contribution in [0.5, 0.6) is 0 Å². The van der Waals surface area contributed by atoms with Crippen molar-refractivity contribution in [3.63, 3.8) is 0 Å². The summed E-state index contributed by atoms with van der Waals surface area (Å²) < 4.78 is 5.58. The summed E-state index contributed by atoms with van der Waals surface area (Å²) >= 11 is 0. The van der Waals surface area contributed by atoms with Crippen LogP contribution in [0.1, 0.15) is 49.0 Å². The lowest BCUT2D eigenvalue weighted by atomic mass is 9.76. The highest BCUT2D eigenvalue weighted by atomic mass is 16.3. The molecule has 90 valence electrons. The number of rotatable bonds is 1. The number of furan rings is 1. The molecule has 2 atom stereocenters. The Morgan fingerprint density at radius 3 is 2.76 bits per heavy atom. The fourth-order valence-electron chi connectivity index (χ4n) is 3.03. The van der Waals surface area contributed by atoms with Gasteiger partial charge in [-0.1, -0.05) is 19.9 Å². The van der Waals surface area contributed by atoms with Crippen molar-refractivity contribution in [2.24, 2.45) is 5.92 Å². The Kier molecular flexibility index (Phi) is 2.30. The third-order valence-corrected chi connectivity index (χ3v) is 3.92. The van der Waals surface area contributed by atoms with E-state index in [4.69, 9.17) is 4.42 Å². The largest absolute Gasteiger partial charge is 0.464 e. The van der Waals surface area contributed by atoms with E-state index in [2.05, 4.69) is 32.9 Å². The molecule has 0 spiro atoms. The van der Waals surface area contributed by atoms with Crippen molar-refractivity contribution in [1.82, 2.24) is 0 Å². The fraction of sp³-hybridized carbons (Fsp3) is 0.467. The number of aryl methyl sites for hydroxylation is 1. The molecular weight excluding hydrogens is 212 g/mol. The van der Waals surface area contributed by atoms with Gasteiger partial charge in [-0.3, -0.25) is 0 Å². The van der Waals surface area contributed by atoms with Crippen LogP contribution >= 0.6 is 0 Å². The summed E-state index contributed by atoms with van der Waals surface area (Å²) in [5.41, 5.74) is 4.46. The molecule has 0 bridgehead atoms. The first-order chi connectivity index (χ1) is 8.08. The molecule has 1 aliphatic carbocycles. The molecule has 0 amide bonds. The monoisotopic (exact) mass is 230 g/mol. The first-order valence-electron chi connectivity index (χ1n) is 6.27. The second-order valence-electron chi connectivity index (χ2n) is 5.52. The van der Waals surface area contributed by atoms with E-state index in [0.717, 1.165) is 23.0 Å². The molecule has 2 nitrogen and oxygen atoms in total. The predicted octanol–water partition coefficient (Wildman–Crippen LogP) is 3.92. The Balaban J connectivity index is 2.33. The van der Waals surface area contributed by atoms with E-state index in [1.807, 2.05) is 0 Å². The molecule has 0 saturated heterocycles. The molecule has 2 aromatic rings. The van der Waals surface area contributed by atoms with Gasteiger partial charge in [-0.05, 0) is 42.4 Å². The molecule has 17 heavy (non-hydrogen) atoms. The van der Waals surface area contributed by atoms with Gasteiger partial charge in [0.1, 0.15) is 5.58 Å². The van der Waals surface area contributed by atoms with Gasteiger partial charge in [0.05, 0.1) is 12.4 Å². The zero-order valence-corrected chi connectivity index (χ0v) is 10.5. The Labute approximate surface area is 101 Å². The van der Waals surface area contributed by atoms with E-state index in [0.29, 0.717) is 11.8 Å². The summed E-state index contributed by atoms with van der Waals surface area (Å²) in [4.78, 5) is 0. The van der Waals surface area contributed by atoms with Gasteiger partial charge < -0.3 is 9.52 Å². The highest BCUT2D eigenvalue weighted by molar-refractivity contribution is 5.87. The smallest absolute Gasteiger partial charge is 0.134 e. The van der Waals surface area contributed by atoms with Crippen molar-refractivity contribution in [2.45, 2.75) is 39.2 Å². The fourth-order valence-corrected chi connectivity index (χ4v) is 3.03. The van der Waals surface area contributed by atoms with Gasteiger partial charge in [-0.2, -0.15) is 0 Å². The quantitative estimate of drug-likeness (QED) is 0.805. The number of aliphatic hydroxyl groups is 1. The van der Waals surface area contributed by atoms with E-state index in [9.17, 15) is 5.11 Å². The van der Waals surface area contributed by atoms with Crippen LogP contribution in [-0.4, -0.2) is 5.11 Å². The lowest BCUT2D eigenvalue weighted by Gasteiger charge is -2.29. The van der Waals surface area contributed by atoms with Crippen molar-refractivity contribution in [3.8, 4) is 0 Å². The van der Waals surface area contributed by atoms with Gasteiger partial charge in [0.2, 0.25) is 0 Å². The SMILES string of the molecule is Cc1cc2c3c(coc3c1)[C@@H](O)C[C@H]2C(C)C. The molecule has 1 aromatic heterocycles. The molecule has 1 aliphatic rings. The summed E-state index contributed by atoms with van der Waals surface area (Å²) in [6, 6.07) is 4.30. The van der Waals surface area contributed by atoms with Crippen molar-refractivity contribution >= 4 is 11.0 Å². The van der Waals surface area contributed by atoms with Crippen LogP contribution in [0.3, 0.4) is 0 Å². The number of hydrogen-bond donors (Lipinski definition) is 1. The van der Waals surface area contributed by atoms with Gasteiger partial charge in [0.25, 0.3) is 0 Å². The van der Waals surface area contributed by atoms with Crippen LogP contribution in [0.25, 0.3) is 11.0 Å². The second kappa shape index (κ2) is 3.61. The maximum absolute atomic E-state index is 10.2. The van der Waals surface area contributed by atoms with Gasteiger partial charge in [-0.15, -0.1) is 0 Å².